The Morgan fingerprint density at radius 2 is 2.21 bits per heavy atom. The third-order valence-electron chi connectivity index (χ3n) is 3.61. The predicted molar refractivity (Wildman–Crippen MR) is 102 cm³/mol. The fourth-order valence-electron chi connectivity index (χ4n) is 2.34. The van der Waals surface area contributed by atoms with E-state index in [1.807, 2.05) is 6.07 Å². The van der Waals surface area contributed by atoms with E-state index >= 15 is 0 Å². The van der Waals surface area contributed by atoms with Gasteiger partial charge in [0.2, 0.25) is 0 Å². The number of nitrogens with zero attached hydrogens (tertiary/aromatic N) is 3. The summed E-state index contributed by atoms with van der Waals surface area (Å²) in [5, 5.41) is 10.3. The van der Waals surface area contributed by atoms with Crippen LogP contribution in [0.4, 0.5) is 0 Å². The molecular formula is C19H15N3O5S. The van der Waals surface area contributed by atoms with Crippen LogP contribution < -0.4 is 15.0 Å². The van der Waals surface area contributed by atoms with E-state index in [4.69, 9.17) is 19.5 Å². The van der Waals surface area contributed by atoms with Crippen molar-refractivity contribution < 1.29 is 19.0 Å². The predicted octanol–water partition coefficient (Wildman–Crippen LogP) is 2.42. The summed E-state index contributed by atoms with van der Waals surface area (Å²) in [7, 11) is 1.48. The highest BCUT2D eigenvalue weighted by molar-refractivity contribution is 7.15. The van der Waals surface area contributed by atoms with E-state index in [0.717, 1.165) is 0 Å². The second-order valence-corrected chi connectivity index (χ2v) is 6.31. The van der Waals surface area contributed by atoms with Gasteiger partial charge in [-0.05, 0) is 23.8 Å². The topological polar surface area (TPSA) is 103 Å². The molecular weight excluding hydrogens is 382 g/mol. The lowest BCUT2D eigenvalue weighted by Crippen LogP contribution is -2.14. The van der Waals surface area contributed by atoms with Gasteiger partial charge < -0.3 is 14.2 Å². The molecule has 3 rings (SSSR count). The van der Waals surface area contributed by atoms with E-state index in [1.165, 1.54) is 35.0 Å². The zero-order valence-corrected chi connectivity index (χ0v) is 15.6. The molecule has 28 heavy (non-hydrogen) atoms. The molecule has 8 nitrogen and oxygen atoms in total. The van der Waals surface area contributed by atoms with Crippen LogP contribution in [0.3, 0.4) is 0 Å². The third kappa shape index (κ3) is 4.55. The summed E-state index contributed by atoms with van der Waals surface area (Å²) >= 11 is 1.32. The number of hydrogen-bond donors (Lipinski definition) is 0. The van der Waals surface area contributed by atoms with Crippen LogP contribution >= 0.6 is 11.3 Å². The molecule has 3 aromatic rings. The number of carbonyl (C=O) groups is 1. The number of hydrogen-bond acceptors (Lipinski definition) is 8. The minimum absolute atomic E-state index is 0.0905. The zero-order valence-electron chi connectivity index (χ0n) is 14.8. The SMILES string of the molecule is COc1cc(/C=C/C(=O)OCc2cc(=O)n3ccsc3n2)ccc1OCC#N. The number of fused-ring (bicyclic) bond motifs is 1. The minimum Gasteiger partial charge on any atom is -0.493 e. The number of aromatic nitrogens is 2. The maximum absolute atomic E-state index is 11.9. The average Bonchev–Trinajstić information content (AvgIpc) is 3.18. The lowest BCUT2D eigenvalue weighted by atomic mass is 10.2. The molecule has 2 heterocycles. The highest BCUT2D eigenvalue weighted by Gasteiger charge is 2.07. The second-order valence-electron chi connectivity index (χ2n) is 5.44. The summed E-state index contributed by atoms with van der Waals surface area (Å²) in [6.45, 7) is -0.191. The maximum atomic E-state index is 11.9. The Labute approximate surface area is 163 Å². The Kier molecular flexibility index (Phi) is 6.04. The summed E-state index contributed by atoms with van der Waals surface area (Å²) in [6.07, 6.45) is 4.46. The normalized spacial score (nSPS) is 10.7. The van der Waals surface area contributed by atoms with E-state index in [-0.39, 0.29) is 18.8 Å². The summed E-state index contributed by atoms with van der Waals surface area (Å²) in [5.41, 5.74) is 0.850. The largest absolute Gasteiger partial charge is 0.493 e. The van der Waals surface area contributed by atoms with Crippen molar-refractivity contribution in [3.63, 3.8) is 0 Å². The molecule has 0 atom stereocenters. The smallest absolute Gasteiger partial charge is 0.331 e. The van der Waals surface area contributed by atoms with Crippen molar-refractivity contribution in [1.82, 2.24) is 9.38 Å². The number of esters is 1. The summed E-state index contributed by atoms with van der Waals surface area (Å²) in [4.78, 5) is 28.7. The van der Waals surface area contributed by atoms with Crippen LogP contribution in [-0.2, 0) is 16.1 Å². The molecule has 0 bridgehead atoms. The summed E-state index contributed by atoms with van der Waals surface area (Å²) < 4.78 is 17.0. The van der Waals surface area contributed by atoms with Gasteiger partial charge in [-0.2, -0.15) is 5.26 Å². The standard InChI is InChI=1S/C19H15N3O5S/c1-25-16-10-13(2-4-15(16)26-8-6-20)3-5-18(24)27-12-14-11-17(23)22-7-9-28-19(22)21-14/h2-5,7,9-11H,8,12H2,1H3/b5-3+. The van der Waals surface area contributed by atoms with Crippen LogP contribution in [-0.4, -0.2) is 29.1 Å². The van der Waals surface area contributed by atoms with E-state index in [9.17, 15) is 9.59 Å². The molecule has 0 aliphatic rings. The van der Waals surface area contributed by atoms with Crippen molar-refractivity contribution in [2.45, 2.75) is 6.61 Å². The first-order chi connectivity index (χ1) is 13.6. The van der Waals surface area contributed by atoms with E-state index in [2.05, 4.69) is 4.98 Å². The van der Waals surface area contributed by atoms with Crippen LogP contribution in [0, 0.1) is 11.3 Å². The fraction of sp³-hybridized carbons (Fsp3) is 0.158. The molecule has 0 aliphatic carbocycles. The zero-order chi connectivity index (χ0) is 19.9. The van der Waals surface area contributed by atoms with Crippen LogP contribution in [0.15, 0.2) is 46.7 Å². The van der Waals surface area contributed by atoms with Gasteiger partial charge in [-0.3, -0.25) is 9.20 Å². The molecule has 9 heteroatoms. The van der Waals surface area contributed by atoms with Crippen molar-refractivity contribution in [2.75, 3.05) is 13.7 Å². The van der Waals surface area contributed by atoms with Crippen molar-refractivity contribution in [3.8, 4) is 17.6 Å². The molecule has 0 amide bonds. The molecule has 0 saturated heterocycles. The molecule has 2 aromatic heterocycles. The van der Waals surface area contributed by atoms with Gasteiger partial charge in [0.05, 0.1) is 12.8 Å². The maximum Gasteiger partial charge on any atom is 0.331 e. The molecule has 0 unspecified atom stereocenters. The van der Waals surface area contributed by atoms with Gasteiger partial charge in [0.25, 0.3) is 5.56 Å². The molecule has 1 aromatic carbocycles. The van der Waals surface area contributed by atoms with Crippen molar-refractivity contribution in [2.24, 2.45) is 0 Å². The monoisotopic (exact) mass is 397 g/mol. The first kappa shape index (κ1) is 19.1. The van der Waals surface area contributed by atoms with E-state index < -0.39 is 5.97 Å². The Morgan fingerprint density at radius 3 is 3.00 bits per heavy atom. The summed E-state index contributed by atoms with van der Waals surface area (Å²) in [6, 6.07) is 8.25. The highest BCUT2D eigenvalue weighted by atomic mass is 32.1. The van der Waals surface area contributed by atoms with Crippen molar-refractivity contribution in [1.29, 1.82) is 5.26 Å². The second kappa shape index (κ2) is 8.83. The van der Waals surface area contributed by atoms with Gasteiger partial charge in [-0.15, -0.1) is 11.3 Å². The van der Waals surface area contributed by atoms with Crippen molar-refractivity contribution >= 4 is 28.3 Å². The van der Waals surface area contributed by atoms with Gasteiger partial charge in [0, 0.05) is 23.7 Å². The van der Waals surface area contributed by atoms with E-state index in [1.54, 1.807) is 35.9 Å². The summed E-state index contributed by atoms with van der Waals surface area (Å²) in [5.74, 6) is 0.307. The molecule has 142 valence electrons. The number of thiazole rings is 1. The molecule has 0 saturated carbocycles. The first-order valence-corrected chi connectivity index (χ1v) is 8.97. The Hall–Kier alpha value is -3.64. The Bertz CT molecular complexity index is 1130. The number of methoxy groups -OCH3 is 1. The highest BCUT2D eigenvalue weighted by Crippen LogP contribution is 2.28. The number of nitriles is 1. The lowest BCUT2D eigenvalue weighted by molar-refractivity contribution is -0.139. The van der Waals surface area contributed by atoms with Crippen LogP contribution in [0.1, 0.15) is 11.3 Å². The van der Waals surface area contributed by atoms with Gasteiger partial charge in [0.15, 0.2) is 23.1 Å². The molecule has 0 fully saturated rings. The van der Waals surface area contributed by atoms with Gasteiger partial charge in [-0.25, -0.2) is 9.78 Å². The van der Waals surface area contributed by atoms with Crippen LogP contribution in [0.5, 0.6) is 11.5 Å². The lowest BCUT2D eigenvalue weighted by Gasteiger charge is -2.08. The van der Waals surface area contributed by atoms with Crippen molar-refractivity contribution in [3.05, 3.63) is 63.5 Å². The van der Waals surface area contributed by atoms with Crippen LogP contribution in [0.25, 0.3) is 11.0 Å². The Morgan fingerprint density at radius 1 is 1.36 bits per heavy atom. The third-order valence-corrected chi connectivity index (χ3v) is 4.37. The number of carbonyl (C=O) groups excluding carboxylic acids is 1. The fourth-order valence-corrected chi connectivity index (χ4v) is 3.07. The molecule has 0 spiro atoms. The Balaban J connectivity index is 1.63. The quantitative estimate of drug-likeness (QED) is 0.445. The number of rotatable bonds is 7. The molecule has 0 aliphatic heterocycles. The first-order valence-electron chi connectivity index (χ1n) is 8.09. The van der Waals surface area contributed by atoms with Crippen LogP contribution in [0.2, 0.25) is 0 Å². The van der Waals surface area contributed by atoms with Gasteiger partial charge >= 0.3 is 5.97 Å². The van der Waals surface area contributed by atoms with Gasteiger partial charge in [-0.1, -0.05) is 6.07 Å². The molecule has 0 radical (unpaired) electrons. The number of benzene rings is 1. The van der Waals surface area contributed by atoms with Gasteiger partial charge in [0.1, 0.15) is 12.7 Å². The average molecular weight is 397 g/mol. The van der Waals surface area contributed by atoms with E-state index in [0.29, 0.717) is 27.7 Å². The minimum atomic E-state index is -0.572. The molecule has 0 N–H and O–H groups in total. The number of ether oxygens (including phenoxy) is 3.